The predicted octanol–water partition coefficient (Wildman–Crippen LogP) is 6.82. The van der Waals surface area contributed by atoms with E-state index >= 15 is 0 Å². The molecule has 0 fully saturated rings. The van der Waals surface area contributed by atoms with Gasteiger partial charge in [0.1, 0.15) is 11.9 Å². The molecule has 0 aliphatic carbocycles. The summed E-state index contributed by atoms with van der Waals surface area (Å²) in [5.74, 6) is -1.50. The summed E-state index contributed by atoms with van der Waals surface area (Å²) < 4.78 is 18.7. The Kier molecular flexibility index (Phi) is 14.6. The molecule has 0 heterocycles. The Morgan fingerprint density at radius 1 is 0.903 bits per heavy atom. The molecule has 1 rings (SSSR count). The highest BCUT2D eigenvalue weighted by Gasteiger charge is 2.26. The standard InChI is InChI=1S/C26H42FNO3/c1-4-5-6-7-8-9-10-11-12-13-14-15-19-31-26(30)24(21(2)3)28-25(29)22-17-16-18-23(27)20-22/h16-18,20-21,24H,4-15,19H2,1-3H3,(H,28,29). The SMILES string of the molecule is CCCCCCCCCCCCCCOC(=O)C(NC(=O)c1cccc(F)c1)C(C)C. The Balaban J connectivity index is 2.15. The van der Waals surface area contributed by atoms with Crippen molar-refractivity contribution >= 4 is 11.9 Å². The highest BCUT2D eigenvalue weighted by molar-refractivity contribution is 5.96. The van der Waals surface area contributed by atoms with Crippen molar-refractivity contribution in [1.29, 1.82) is 0 Å². The maximum absolute atomic E-state index is 13.3. The van der Waals surface area contributed by atoms with Crippen LogP contribution in [-0.4, -0.2) is 24.5 Å². The van der Waals surface area contributed by atoms with Crippen molar-refractivity contribution in [2.24, 2.45) is 5.92 Å². The van der Waals surface area contributed by atoms with Gasteiger partial charge in [-0.1, -0.05) is 97.5 Å². The van der Waals surface area contributed by atoms with E-state index in [1.165, 1.54) is 76.0 Å². The minimum atomic E-state index is -0.743. The smallest absolute Gasteiger partial charge is 0.328 e. The lowest BCUT2D eigenvalue weighted by Crippen LogP contribution is -2.45. The van der Waals surface area contributed by atoms with Crippen LogP contribution in [0.15, 0.2) is 24.3 Å². The normalized spacial score (nSPS) is 12.0. The number of carbonyl (C=O) groups is 2. The van der Waals surface area contributed by atoms with E-state index in [1.54, 1.807) is 0 Å². The van der Waals surface area contributed by atoms with Crippen molar-refractivity contribution in [3.05, 3.63) is 35.6 Å². The first-order valence-electron chi connectivity index (χ1n) is 12.2. The van der Waals surface area contributed by atoms with Crippen LogP contribution in [-0.2, 0) is 9.53 Å². The van der Waals surface area contributed by atoms with Crippen LogP contribution in [0.25, 0.3) is 0 Å². The molecule has 176 valence electrons. The fourth-order valence-electron chi connectivity index (χ4n) is 3.56. The Labute approximate surface area is 188 Å². The molecule has 31 heavy (non-hydrogen) atoms. The Morgan fingerprint density at radius 2 is 1.45 bits per heavy atom. The van der Waals surface area contributed by atoms with Gasteiger partial charge in [0.25, 0.3) is 5.91 Å². The van der Waals surface area contributed by atoms with Gasteiger partial charge in [0.15, 0.2) is 0 Å². The Morgan fingerprint density at radius 3 is 1.97 bits per heavy atom. The average Bonchev–Trinajstić information content (AvgIpc) is 2.74. The second-order valence-corrected chi connectivity index (χ2v) is 8.76. The van der Waals surface area contributed by atoms with Crippen molar-refractivity contribution in [1.82, 2.24) is 5.32 Å². The molecule has 1 N–H and O–H groups in total. The minimum Gasteiger partial charge on any atom is -0.464 e. The topological polar surface area (TPSA) is 55.4 Å². The second kappa shape index (κ2) is 16.7. The maximum Gasteiger partial charge on any atom is 0.328 e. The third-order valence-electron chi connectivity index (χ3n) is 5.54. The van der Waals surface area contributed by atoms with E-state index in [9.17, 15) is 14.0 Å². The molecule has 1 unspecified atom stereocenters. The zero-order chi connectivity index (χ0) is 22.9. The maximum atomic E-state index is 13.3. The number of hydrogen-bond acceptors (Lipinski definition) is 3. The van der Waals surface area contributed by atoms with Gasteiger partial charge < -0.3 is 10.1 Å². The number of benzene rings is 1. The quantitative estimate of drug-likeness (QED) is 0.216. The molecule has 0 radical (unpaired) electrons. The van der Waals surface area contributed by atoms with Crippen molar-refractivity contribution in [3.8, 4) is 0 Å². The fraction of sp³-hybridized carbons (Fsp3) is 0.692. The van der Waals surface area contributed by atoms with E-state index in [2.05, 4.69) is 12.2 Å². The molecule has 0 aliphatic rings. The largest absolute Gasteiger partial charge is 0.464 e. The van der Waals surface area contributed by atoms with Gasteiger partial charge in [-0.3, -0.25) is 4.79 Å². The van der Waals surface area contributed by atoms with Crippen molar-refractivity contribution in [2.45, 2.75) is 104 Å². The van der Waals surface area contributed by atoms with Gasteiger partial charge in [-0.05, 0) is 30.5 Å². The van der Waals surface area contributed by atoms with Crippen molar-refractivity contribution in [3.63, 3.8) is 0 Å². The van der Waals surface area contributed by atoms with Gasteiger partial charge in [-0.2, -0.15) is 0 Å². The van der Waals surface area contributed by atoms with Gasteiger partial charge in [0, 0.05) is 5.56 Å². The van der Waals surface area contributed by atoms with E-state index in [0.29, 0.717) is 6.61 Å². The van der Waals surface area contributed by atoms with E-state index in [1.807, 2.05) is 13.8 Å². The van der Waals surface area contributed by atoms with E-state index in [0.717, 1.165) is 25.3 Å². The first-order valence-corrected chi connectivity index (χ1v) is 12.2. The van der Waals surface area contributed by atoms with Crippen molar-refractivity contribution < 1.29 is 18.7 Å². The Bertz CT molecular complexity index is 633. The summed E-state index contributed by atoms with van der Waals surface area (Å²) in [6, 6.07) is 4.69. The number of amides is 1. The highest BCUT2D eigenvalue weighted by Crippen LogP contribution is 2.13. The highest BCUT2D eigenvalue weighted by atomic mass is 19.1. The molecular weight excluding hydrogens is 393 g/mol. The first kappa shape index (κ1) is 27.1. The summed E-state index contributed by atoms with van der Waals surface area (Å²) in [6.45, 7) is 6.31. The van der Waals surface area contributed by atoms with Gasteiger partial charge in [0.05, 0.1) is 6.61 Å². The molecule has 1 aromatic rings. The summed E-state index contributed by atoms with van der Waals surface area (Å²) in [7, 11) is 0. The molecule has 1 aromatic carbocycles. The molecule has 1 amide bonds. The third kappa shape index (κ3) is 12.5. The number of unbranched alkanes of at least 4 members (excludes halogenated alkanes) is 11. The van der Waals surface area contributed by atoms with Crippen LogP contribution in [0, 0.1) is 11.7 Å². The minimum absolute atomic E-state index is 0.119. The lowest BCUT2D eigenvalue weighted by Gasteiger charge is -2.21. The van der Waals surface area contributed by atoms with Crippen LogP contribution < -0.4 is 5.32 Å². The summed E-state index contributed by atoms with van der Waals surface area (Å²) in [5.41, 5.74) is 0.194. The van der Waals surface area contributed by atoms with Crippen LogP contribution in [0.3, 0.4) is 0 Å². The Hall–Kier alpha value is -1.91. The van der Waals surface area contributed by atoms with Crippen LogP contribution in [0.2, 0.25) is 0 Å². The van der Waals surface area contributed by atoms with Gasteiger partial charge in [-0.25, -0.2) is 9.18 Å². The molecule has 0 aromatic heterocycles. The molecule has 5 heteroatoms. The molecular formula is C26H42FNO3. The number of esters is 1. The van der Waals surface area contributed by atoms with Gasteiger partial charge in [-0.15, -0.1) is 0 Å². The summed E-state index contributed by atoms with van der Waals surface area (Å²) in [5, 5.41) is 2.68. The summed E-state index contributed by atoms with van der Waals surface area (Å²) in [4.78, 5) is 24.7. The van der Waals surface area contributed by atoms with Gasteiger partial charge in [0.2, 0.25) is 0 Å². The molecule has 0 saturated heterocycles. The molecule has 4 nitrogen and oxygen atoms in total. The number of rotatable bonds is 17. The number of halogens is 1. The lowest BCUT2D eigenvalue weighted by molar-refractivity contribution is -0.147. The third-order valence-corrected chi connectivity index (χ3v) is 5.54. The second-order valence-electron chi connectivity index (χ2n) is 8.76. The first-order chi connectivity index (χ1) is 15.0. The van der Waals surface area contributed by atoms with E-state index < -0.39 is 23.7 Å². The lowest BCUT2D eigenvalue weighted by atomic mass is 10.0. The fourth-order valence-corrected chi connectivity index (χ4v) is 3.56. The average molecular weight is 436 g/mol. The van der Waals surface area contributed by atoms with Crippen LogP contribution in [0.1, 0.15) is 108 Å². The molecule has 0 saturated carbocycles. The summed E-state index contributed by atoms with van der Waals surface area (Å²) in [6.07, 6.45) is 15.0. The number of hydrogen-bond donors (Lipinski definition) is 1. The van der Waals surface area contributed by atoms with Crippen LogP contribution in [0.5, 0.6) is 0 Å². The number of carbonyl (C=O) groups excluding carboxylic acids is 2. The van der Waals surface area contributed by atoms with Crippen molar-refractivity contribution in [2.75, 3.05) is 6.61 Å². The molecule has 0 aliphatic heterocycles. The summed E-state index contributed by atoms with van der Waals surface area (Å²) >= 11 is 0. The molecule has 0 spiro atoms. The zero-order valence-electron chi connectivity index (χ0n) is 19.8. The molecule has 0 bridgehead atoms. The van der Waals surface area contributed by atoms with Gasteiger partial charge >= 0.3 is 5.97 Å². The van der Waals surface area contributed by atoms with Crippen LogP contribution in [0.4, 0.5) is 4.39 Å². The molecule has 1 atom stereocenters. The number of nitrogens with one attached hydrogen (secondary N) is 1. The number of ether oxygens (including phenoxy) is 1. The van der Waals surface area contributed by atoms with E-state index in [-0.39, 0.29) is 11.5 Å². The zero-order valence-corrected chi connectivity index (χ0v) is 19.8. The van der Waals surface area contributed by atoms with E-state index in [4.69, 9.17) is 4.74 Å². The predicted molar refractivity (Wildman–Crippen MR) is 125 cm³/mol. The van der Waals surface area contributed by atoms with Crippen LogP contribution >= 0.6 is 0 Å². The monoisotopic (exact) mass is 435 g/mol.